The Labute approximate surface area is 266 Å². The van der Waals surface area contributed by atoms with Gasteiger partial charge in [-0.1, -0.05) is 23.7 Å². The van der Waals surface area contributed by atoms with E-state index in [1.165, 1.54) is 18.3 Å². The molecule has 5 rings (SSSR count). The Hall–Kier alpha value is -5.11. The van der Waals surface area contributed by atoms with Crippen LogP contribution in [0.25, 0.3) is 22.5 Å². The van der Waals surface area contributed by atoms with Gasteiger partial charge in [-0.2, -0.15) is 0 Å². The van der Waals surface area contributed by atoms with Gasteiger partial charge in [-0.3, -0.25) is 4.79 Å². The second kappa shape index (κ2) is 12.0. The zero-order chi connectivity index (χ0) is 33.7. The zero-order valence-corrected chi connectivity index (χ0v) is 26.1. The molecule has 0 atom stereocenters. The standard InChI is InChI=1S/C31H29ClF3N7O4/c1-14-21(32)23(34)24(35)25(22(14)33)40-29(44)38-16-8-6-7-15(13-16)19-20-18(41(5)26(19)17-9-11-37-28(36)39-17)10-12-42(27(20)43)30(45)46-31(2,3)4/h6-9,11,13H,10,12H2,1-5H3,(H2,36,37,39)(H2,38,40,44). The summed E-state index contributed by atoms with van der Waals surface area (Å²) < 4.78 is 50.6. The van der Waals surface area contributed by atoms with Gasteiger partial charge in [0.1, 0.15) is 11.3 Å². The molecule has 2 aromatic heterocycles. The SMILES string of the molecule is Cc1c(F)c(NC(=O)Nc2cccc(-c3c4c(n(C)c3-c3ccnc(N)n3)CCN(C(=O)OC(C)(C)C)C4=O)c2)c(F)c(F)c1Cl. The zero-order valence-electron chi connectivity index (χ0n) is 25.4. The number of benzene rings is 2. The number of nitrogens with zero attached hydrogens (tertiary/aromatic N) is 4. The molecule has 0 bridgehead atoms. The van der Waals surface area contributed by atoms with Gasteiger partial charge in [-0.25, -0.2) is 37.6 Å². The van der Waals surface area contributed by atoms with Crippen molar-refractivity contribution < 1.29 is 32.3 Å². The number of hydrogen-bond donors (Lipinski definition) is 3. The van der Waals surface area contributed by atoms with E-state index in [1.807, 2.05) is 5.32 Å². The smallest absolute Gasteiger partial charge is 0.417 e. The quantitative estimate of drug-likeness (QED) is 0.164. The second-order valence-electron chi connectivity index (χ2n) is 11.5. The number of rotatable bonds is 4. The van der Waals surface area contributed by atoms with Crippen LogP contribution in [0.2, 0.25) is 5.02 Å². The summed E-state index contributed by atoms with van der Waals surface area (Å²) >= 11 is 5.63. The van der Waals surface area contributed by atoms with Crippen molar-refractivity contribution in [2.45, 2.75) is 39.7 Å². The number of imide groups is 1. The fourth-order valence-electron chi connectivity index (χ4n) is 5.18. The Morgan fingerprint density at radius 3 is 2.46 bits per heavy atom. The first-order valence-electron chi connectivity index (χ1n) is 13.9. The molecule has 0 unspecified atom stereocenters. The van der Waals surface area contributed by atoms with E-state index in [2.05, 4.69) is 15.3 Å². The molecule has 15 heteroatoms. The van der Waals surface area contributed by atoms with E-state index in [9.17, 15) is 27.6 Å². The fourth-order valence-corrected chi connectivity index (χ4v) is 5.34. The number of nitrogen functional groups attached to an aromatic ring is 1. The fraction of sp³-hybridized carbons (Fsp3) is 0.258. The van der Waals surface area contributed by atoms with Gasteiger partial charge >= 0.3 is 12.1 Å². The first-order valence-corrected chi connectivity index (χ1v) is 14.3. The summed E-state index contributed by atoms with van der Waals surface area (Å²) in [6, 6.07) is 6.79. The van der Waals surface area contributed by atoms with Crippen LogP contribution in [0.1, 0.15) is 42.4 Å². The topological polar surface area (TPSA) is 144 Å². The number of aromatic nitrogens is 3. The van der Waals surface area contributed by atoms with Gasteiger partial charge in [0.25, 0.3) is 5.91 Å². The number of hydrogen-bond acceptors (Lipinski definition) is 7. The molecule has 1 aliphatic heterocycles. The average molecular weight is 656 g/mol. The highest BCUT2D eigenvalue weighted by Crippen LogP contribution is 2.41. The molecule has 0 fully saturated rings. The molecule has 0 radical (unpaired) electrons. The van der Waals surface area contributed by atoms with Crippen molar-refractivity contribution in [3.8, 4) is 22.5 Å². The highest BCUT2D eigenvalue weighted by Gasteiger charge is 2.38. The Morgan fingerprint density at radius 2 is 1.78 bits per heavy atom. The van der Waals surface area contributed by atoms with Crippen LogP contribution in [0.3, 0.4) is 0 Å². The molecule has 240 valence electrons. The second-order valence-corrected chi connectivity index (χ2v) is 11.9. The number of halogens is 4. The summed E-state index contributed by atoms with van der Waals surface area (Å²) in [5, 5.41) is 3.72. The number of carbonyl (C=O) groups excluding carboxylic acids is 3. The first-order chi connectivity index (χ1) is 21.6. The van der Waals surface area contributed by atoms with Crippen LogP contribution < -0.4 is 16.4 Å². The molecule has 0 saturated carbocycles. The Bertz CT molecular complexity index is 1890. The summed E-state index contributed by atoms with van der Waals surface area (Å²) in [5.74, 6) is -5.00. The largest absolute Gasteiger partial charge is 0.443 e. The van der Waals surface area contributed by atoms with Gasteiger partial charge in [0.05, 0.1) is 22.0 Å². The lowest BCUT2D eigenvalue weighted by molar-refractivity contribution is 0.0232. The third-order valence-corrected chi connectivity index (χ3v) is 7.66. The number of anilines is 3. The summed E-state index contributed by atoms with van der Waals surface area (Å²) in [7, 11) is 1.75. The van der Waals surface area contributed by atoms with Crippen molar-refractivity contribution in [1.82, 2.24) is 19.4 Å². The number of urea groups is 1. The van der Waals surface area contributed by atoms with Gasteiger partial charge in [0.15, 0.2) is 17.5 Å². The molecule has 4 N–H and O–H groups in total. The molecule has 46 heavy (non-hydrogen) atoms. The third-order valence-electron chi connectivity index (χ3n) is 7.21. The molecule has 11 nitrogen and oxygen atoms in total. The van der Waals surface area contributed by atoms with E-state index in [0.29, 0.717) is 34.6 Å². The van der Waals surface area contributed by atoms with E-state index in [4.69, 9.17) is 22.1 Å². The predicted octanol–water partition coefficient (Wildman–Crippen LogP) is 6.69. The molecule has 0 aliphatic carbocycles. The number of nitrogens with one attached hydrogen (secondary N) is 2. The van der Waals surface area contributed by atoms with Crippen LogP contribution in [0.4, 0.5) is 40.1 Å². The van der Waals surface area contributed by atoms with Crippen LogP contribution in [-0.4, -0.2) is 49.6 Å². The van der Waals surface area contributed by atoms with E-state index in [0.717, 1.165) is 11.8 Å². The summed E-state index contributed by atoms with van der Waals surface area (Å²) in [4.78, 5) is 49.2. The Balaban J connectivity index is 1.57. The van der Waals surface area contributed by atoms with Crippen LogP contribution >= 0.6 is 11.6 Å². The monoisotopic (exact) mass is 655 g/mol. The van der Waals surface area contributed by atoms with Crippen LogP contribution in [0.15, 0.2) is 36.5 Å². The molecular formula is C31H29ClF3N7O4. The van der Waals surface area contributed by atoms with Gasteiger partial charge in [-0.05, 0) is 51.5 Å². The van der Waals surface area contributed by atoms with Gasteiger partial charge < -0.3 is 25.7 Å². The molecule has 4 amide bonds. The highest BCUT2D eigenvalue weighted by atomic mass is 35.5. The van der Waals surface area contributed by atoms with Crippen molar-refractivity contribution in [3.63, 3.8) is 0 Å². The van der Waals surface area contributed by atoms with Crippen molar-refractivity contribution in [2.24, 2.45) is 7.05 Å². The van der Waals surface area contributed by atoms with E-state index < -0.39 is 51.8 Å². The first kappa shape index (κ1) is 32.3. The summed E-state index contributed by atoms with van der Waals surface area (Å²) in [6.07, 6.45) is 0.967. The molecule has 3 heterocycles. The minimum absolute atomic E-state index is 0.00949. The van der Waals surface area contributed by atoms with E-state index in [-0.39, 0.29) is 29.3 Å². The maximum atomic E-state index is 14.7. The normalized spacial score (nSPS) is 13.0. The number of fused-ring (bicyclic) bond motifs is 1. The Morgan fingerprint density at radius 1 is 1.07 bits per heavy atom. The number of carbonyl (C=O) groups is 3. The minimum Gasteiger partial charge on any atom is -0.443 e. The van der Waals surface area contributed by atoms with Crippen molar-refractivity contribution in [2.75, 3.05) is 22.9 Å². The molecule has 0 spiro atoms. The molecule has 4 aromatic rings. The maximum absolute atomic E-state index is 14.7. The predicted molar refractivity (Wildman–Crippen MR) is 166 cm³/mol. The van der Waals surface area contributed by atoms with Gasteiger partial charge in [0, 0.05) is 48.7 Å². The number of nitrogens with two attached hydrogens (primary N) is 1. The summed E-state index contributed by atoms with van der Waals surface area (Å²) in [6.45, 7) is 6.29. The lowest BCUT2D eigenvalue weighted by Gasteiger charge is -2.29. The highest BCUT2D eigenvalue weighted by molar-refractivity contribution is 6.31. The third kappa shape index (κ3) is 5.95. The molecule has 0 saturated heterocycles. The van der Waals surface area contributed by atoms with Crippen molar-refractivity contribution >= 4 is 47.0 Å². The maximum Gasteiger partial charge on any atom is 0.417 e. The molecule has 2 aromatic carbocycles. The average Bonchev–Trinajstić information content (AvgIpc) is 3.29. The van der Waals surface area contributed by atoms with E-state index >= 15 is 0 Å². The van der Waals surface area contributed by atoms with Gasteiger partial charge in [0.2, 0.25) is 5.95 Å². The Kier molecular flexibility index (Phi) is 8.43. The molecule has 1 aliphatic rings. The van der Waals surface area contributed by atoms with Crippen molar-refractivity contribution in [1.29, 1.82) is 0 Å². The number of ether oxygens (including phenoxy) is 1. The lowest BCUT2D eigenvalue weighted by Crippen LogP contribution is -2.44. The van der Waals surface area contributed by atoms with Crippen LogP contribution in [-0.2, 0) is 18.2 Å². The van der Waals surface area contributed by atoms with Crippen LogP contribution in [0, 0.1) is 24.4 Å². The van der Waals surface area contributed by atoms with E-state index in [1.54, 1.807) is 50.6 Å². The van der Waals surface area contributed by atoms with Crippen LogP contribution in [0.5, 0.6) is 0 Å². The van der Waals surface area contributed by atoms with Gasteiger partial charge in [-0.15, -0.1) is 0 Å². The lowest BCUT2D eigenvalue weighted by atomic mass is 9.95. The summed E-state index contributed by atoms with van der Waals surface area (Å²) in [5.41, 5.74) is 6.31. The van der Waals surface area contributed by atoms with Crippen molar-refractivity contribution in [3.05, 3.63) is 75.8 Å². The minimum atomic E-state index is -1.66. The number of amides is 4. The molecular weight excluding hydrogens is 627 g/mol.